The molecular weight excluding hydrogens is 853 g/mol. The summed E-state index contributed by atoms with van der Waals surface area (Å²) in [5.41, 5.74) is 37.5. The van der Waals surface area contributed by atoms with Crippen molar-refractivity contribution in [3.05, 3.63) is 285 Å². The number of para-hydroxylation sites is 1. The van der Waals surface area contributed by atoms with Gasteiger partial charge in [0.1, 0.15) is 11.5 Å². The number of fused-ring (bicyclic) bond motifs is 9. The zero-order valence-electron chi connectivity index (χ0n) is 40.3. The zero-order chi connectivity index (χ0) is 48.2. The van der Waals surface area contributed by atoms with E-state index in [0.29, 0.717) is 24.5 Å². The highest BCUT2D eigenvalue weighted by molar-refractivity contribution is 5.91. The van der Waals surface area contributed by atoms with Gasteiger partial charge in [-0.1, -0.05) is 202 Å². The quantitative estimate of drug-likeness (QED) is 0.0889. The molecule has 348 valence electrons. The Kier molecular flexibility index (Phi) is 13.1. The highest BCUT2D eigenvalue weighted by atomic mass is 16.5. The molecule has 0 aliphatic heterocycles. The summed E-state index contributed by atoms with van der Waals surface area (Å²) >= 11 is 0. The van der Waals surface area contributed by atoms with Gasteiger partial charge in [0.25, 0.3) is 0 Å². The molecule has 7 aromatic rings. The maximum atomic E-state index is 7.41. The zero-order valence-corrected chi connectivity index (χ0v) is 40.3. The fourth-order valence-corrected chi connectivity index (χ4v) is 11.5. The van der Waals surface area contributed by atoms with E-state index in [2.05, 4.69) is 203 Å². The van der Waals surface area contributed by atoms with Crippen LogP contribution in [0.3, 0.4) is 0 Å². The van der Waals surface area contributed by atoms with E-state index in [4.69, 9.17) is 26.9 Å². The van der Waals surface area contributed by atoms with Crippen LogP contribution in [0.15, 0.2) is 228 Å². The van der Waals surface area contributed by atoms with Crippen LogP contribution in [0.25, 0.3) is 16.7 Å². The molecule has 0 radical (unpaired) electrons. The molecule has 70 heavy (non-hydrogen) atoms. The minimum absolute atomic E-state index is 0.203. The van der Waals surface area contributed by atoms with E-state index in [1.54, 1.807) is 6.20 Å². The number of allylic oxidation sites excluding steroid dienone is 6. The fourth-order valence-electron chi connectivity index (χ4n) is 11.5. The Balaban J connectivity index is 0.000000647. The summed E-state index contributed by atoms with van der Waals surface area (Å²) in [5, 5.41) is 0. The van der Waals surface area contributed by atoms with E-state index in [9.17, 15) is 0 Å². The Bertz CT molecular complexity index is 3180. The van der Waals surface area contributed by atoms with Crippen LogP contribution >= 0.6 is 0 Å². The van der Waals surface area contributed by atoms with Gasteiger partial charge < -0.3 is 21.9 Å². The normalized spacial score (nSPS) is 16.7. The highest BCUT2D eigenvalue weighted by Gasteiger charge is 2.54. The van der Waals surface area contributed by atoms with Crippen molar-refractivity contribution in [2.24, 2.45) is 22.2 Å². The molecule has 0 bridgehead atoms. The van der Waals surface area contributed by atoms with Gasteiger partial charge in [0.15, 0.2) is 0 Å². The average molecular weight is 915 g/mol. The Morgan fingerprint density at radius 2 is 1.29 bits per heavy atom. The molecule has 1 spiro atoms. The molecule has 2 unspecified atom stereocenters. The van der Waals surface area contributed by atoms with Crippen molar-refractivity contribution in [1.82, 2.24) is 0 Å². The van der Waals surface area contributed by atoms with Gasteiger partial charge in [-0.3, -0.25) is 4.99 Å². The van der Waals surface area contributed by atoms with Crippen molar-refractivity contribution >= 4 is 12.3 Å². The van der Waals surface area contributed by atoms with Crippen molar-refractivity contribution in [3.8, 4) is 16.9 Å². The summed E-state index contributed by atoms with van der Waals surface area (Å²) in [5.74, 6) is 1.37. The molecule has 0 heterocycles. The van der Waals surface area contributed by atoms with Gasteiger partial charge in [-0.2, -0.15) is 0 Å². The average Bonchev–Trinajstić information content (AvgIpc) is 3.72. The molecule has 6 N–H and O–H groups in total. The van der Waals surface area contributed by atoms with E-state index in [-0.39, 0.29) is 11.5 Å². The smallest absolute Gasteiger partial charge is 0.132 e. The monoisotopic (exact) mass is 914 g/mol. The third-order valence-electron chi connectivity index (χ3n) is 14.9. The maximum Gasteiger partial charge on any atom is 0.132 e. The van der Waals surface area contributed by atoms with Gasteiger partial charge in [0.05, 0.1) is 17.5 Å². The lowest BCUT2D eigenvalue weighted by Crippen LogP contribution is -2.40. The predicted molar refractivity (Wildman–Crippen MR) is 291 cm³/mol. The van der Waals surface area contributed by atoms with Crippen molar-refractivity contribution in [2.45, 2.75) is 68.9 Å². The first-order valence-corrected chi connectivity index (χ1v) is 24.7. The summed E-state index contributed by atoms with van der Waals surface area (Å²) < 4.78 is 6.70. The molecule has 0 fully saturated rings. The van der Waals surface area contributed by atoms with Gasteiger partial charge in [-0.15, -0.1) is 0 Å². The minimum Gasteiger partial charge on any atom is -0.460 e. The maximum absolute atomic E-state index is 7.41. The number of nitrogens with two attached hydrogens (primary N) is 3. The molecule has 7 aromatic carbocycles. The van der Waals surface area contributed by atoms with Gasteiger partial charge in [0.2, 0.25) is 0 Å². The molecule has 11 rings (SSSR count). The molecule has 5 nitrogen and oxygen atoms in total. The van der Waals surface area contributed by atoms with E-state index in [1.807, 2.05) is 18.2 Å². The molecule has 0 saturated heterocycles. The molecule has 0 aromatic heterocycles. The topological polar surface area (TPSA) is 99.6 Å². The summed E-state index contributed by atoms with van der Waals surface area (Å²) in [6.07, 6.45) is 17.5. The predicted octanol–water partition coefficient (Wildman–Crippen LogP) is 14.1. The van der Waals surface area contributed by atoms with Crippen LogP contribution in [0.2, 0.25) is 0 Å². The van der Waals surface area contributed by atoms with Crippen LogP contribution in [-0.4, -0.2) is 13.3 Å². The fraction of sp³-hybridized carbons (Fsp3) is 0.185. The highest BCUT2D eigenvalue weighted by Crippen LogP contribution is 2.63. The largest absolute Gasteiger partial charge is 0.460 e. The first kappa shape index (κ1) is 46.2. The van der Waals surface area contributed by atoms with E-state index < -0.39 is 11.5 Å². The molecule has 4 aliphatic rings. The third-order valence-corrected chi connectivity index (χ3v) is 14.9. The van der Waals surface area contributed by atoms with Gasteiger partial charge in [0, 0.05) is 30.1 Å². The standard InChI is InChI=1S/C58H51N3O.C7H11N/c1-57(2)48-26-11-13-28-50(48)58(51-29-14-12-27-49(51)57)47-33-32-42(36-46(47)54-45(25-17-30-52(54)58)56(61-3)40-21-8-5-9-22-40)55(60)44-24-10-15-31-53(44)62-43(37-59)35-38-18-16-23-41(34-38)39-19-6-4-7-20-39;8-6-7-4-2-1-3-5-7/h4-15,17-22,24-34,36-37,55-56H,3,16,23,35,59-60H2,1-2H3;2,4-5H,1,3,6,8H2/b43-37+;. The van der Waals surface area contributed by atoms with Crippen LogP contribution in [-0.2, 0) is 10.8 Å². The number of nitrogens with zero attached hydrogens (tertiary/aromatic N) is 1. The van der Waals surface area contributed by atoms with Crippen LogP contribution in [0.4, 0.5) is 0 Å². The Hall–Kier alpha value is -7.57. The Morgan fingerprint density at radius 1 is 0.657 bits per heavy atom. The second-order valence-corrected chi connectivity index (χ2v) is 19.3. The second-order valence-electron chi connectivity index (χ2n) is 19.3. The third kappa shape index (κ3) is 8.29. The first-order chi connectivity index (χ1) is 34.3. The number of hydrogen-bond acceptors (Lipinski definition) is 5. The summed E-state index contributed by atoms with van der Waals surface area (Å²) in [4.78, 5) is 4.82. The van der Waals surface area contributed by atoms with Crippen molar-refractivity contribution < 1.29 is 4.74 Å². The van der Waals surface area contributed by atoms with Gasteiger partial charge >= 0.3 is 0 Å². The summed E-state index contributed by atoms with van der Waals surface area (Å²) in [6.45, 7) is 9.57. The van der Waals surface area contributed by atoms with Crippen LogP contribution < -0.4 is 21.9 Å². The number of hydrogen-bond donors (Lipinski definition) is 3. The number of ether oxygens (including phenoxy) is 1. The Labute approximate surface area is 414 Å². The second kappa shape index (κ2) is 19.8. The van der Waals surface area contributed by atoms with E-state index in [1.165, 1.54) is 74.1 Å². The molecule has 0 saturated carbocycles. The van der Waals surface area contributed by atoms with Crippen LogP contribution in [0.1, 0.15) is 119 Å². The lowest BCUT2D eigenvalue weighted by molar-refractivity contribution is 0.405. The number of aliphatic imine (C=N–C) groups is 1. The van der Waals surface area contributed by atoms with E-state index >= 15 is 0 Å². The van der Waals surface area contributed by atoms with Gasteiger partial charge in [-0.05, 0) is 128 Å². The Morgan fingerprint density at radius 3 is 1.94 bits per heavy atom. The summed E-state index contributed by atoms with van der Waals surface area (Å²) in [6, 6.07) is 60.1. The molecular formula is C65H62N4O. The number of benzene rings is 7. The lowest BCUT2D eigenvalue weighted by Gasteiger charge is -2.46. The lowest BCUT2D eigenvalue weighted by atomic mass is 9.55. The SMILES string of the molecule is C=NC(c1ccccc1)c1cccc2c1-c1cc(C(N)c3ccccc3O/C(=C/N)CC3=CCCC(c4ccccc4)=C3)ccc1C21c2ccccc2C(C)(C)c2ccccc21.NCC1=CCCC=C1. The van der Waals surface area contributed by atoms with Gasteiger partial charge in [-0.25, -0.2) is 0 Å². The first-order valence-electron chi connectivity index (χ1n) is 24.7. The number of rotatable bonds is 11. The van der Waals surface area contributed by atoms with Crippen LogP contribution in [0.5, 0.6) is 5.75 Å². The molecule has 0 amide bonds. The van der Waals surface area contributed by atoms with Crippen LogP contribution in [0, 0.1) is 0 Å². The molecule has 4 aliphatic carbocycles. The molecule has 5 heteroatoms. The summed E-state index contributed by atoms with van der Waals surface area (Å²) in [7, 11) is 0. The minimum atomic E-state index is -0.571. The van der Waals surface area contributed by atoms with Crippen molar-refractivity contribution in [2.75, 3.05) is 6.54 Å². The van der Waals surface area contributed by atoms with E-state index in [0.717, 1.165) is 40.7 Å². The van der Waals surface area contributed by atoms with Crippen molar-refractivity contribution in [1.29, 1.82) is 0 Å². The molecule has 2 atom stereocenters. The van der Waals surface area contributed by atoms with Crippen molar-refractivity contribution in [3.63, 3.8) is 0 Å².